The highest BCUT2D eigenvalue weighted by atomic mass is 35.5. The van der Waals surface area contributed by atoms with Gasteiger partial charge in [-0.15, -0.1) is 0 Å². The third kappa shape index (κ3) is 4.07. The quantitative estimate of drug-likeness (QED) is 0.616. The fourth-order valence-electron chi connectivity index (χ4n) is 3.08. The highest BCUT2D eigenvalue weighted by Gasteiger charge is 2.38. The predicted octanol–water partition coefficient (Wildman–Crippen LogP) is 2.81. The summed E-state index contributed by atoms with van der Waals surface area (Å²) in [5.41, 5.74) is 4.32. The number of sulfonamides is 1. The fourth-order valence-corrected chi connectivity index (χ4v) is 4.91. The van der Waals surface area contributed by atoms with E-state index >= 15 is 0 Å². The summed E-state index contributed by atoms with van der Waals surface area (Å²) in [6.07, 6.45) is 0.779. The molecule has 8 heteroatoms. The number of hydrogen-bond acceptors (Lipinski definition) is 4. The standard InChI is InChI=1S/C18H19ClN2O4S/c19-16-9-7-15(8-10-16)14-5-3-13(4-6-14)12-21-17(18(22)20-23)2-1-11-26(21,24)25/h3-10,17,23H,1-2,11-12H2,(H,20,22)/t17-/m0/s1. The van der Waals surface area contributed by atoms with Crippen LogP contribution in [0.5, 0.6) is 0 Å². The normalized spacial score (nSPS) is 19.8. The number of rotatable bonds is 4. The van der Waals surface area contributed by atoms with E-state index in [1.165, 1.54) is 4.31 Å². The van der Waals surface area contributed by atoms with Gasteiger partial charge < -0.3 is 0 Å². The minimum Gasteiger partial charge on any atom is -0.289 e. The molecule has 1 saturated heterocycles. The van der Waals surface area contributed by atoms with E-state index in [0.29, 0.717) is 17.9 Å². The van der Waals surface area contributed by atoms with Gasteiger partial charge in [-0.25, -0.2) is 13.9 Å². The molecule has 0 saturated carbocycles. The van der Waals surface area contributed by atoms with Gasteiger partial charge >= 0.3 is 0 Å². The van der Waals surface area contributed by atoms with Crippen molar-refractivity contribution in [1.29, 1.82) is 0 Å². The van der Waals surface area contributed by atoms with Crippen molar-refractivity contribution < 1.29 is 18.4 Å². The maximum Gasteiger partial charge on any atom is 0.261 e. The van der Waals surface area contributed by atoms with Gasteiger partial charge in [-0.3, -0.25) is 10.0 Å². The van der Waals surface area contributed by atoms with E-state index in [1.807, 2.05) is 48.5 Å². The molecule has 0 unspecified atom stereocenters. The zero-order valence-corrected chi connectivity index (χ0v) is 15.5. The molecule has 26 heavy (non-hydrogen) atoms. The Bertz CT molecular complexity index is 882. The Hall–Kier alpha value is -1.93. The Morgan fingerprint density at radius 2 is 1.69 bits per heavy atom. The van der Waals surface area contributed by atoms with Crippen LogP contribution in [0.2, 0.25) is 5.02 Å². The molecular formula is C18H19ClN2O4S. The fraction of sp³-hybridized carbons (Fsp3) is 0.278. The summed E-state index contributed by atoms with van der Waals surface area (Å²) in [6.45, 7) is 0.0846. The summed E-state index contributed by atoms with van der Waals surface area (Å²) in [5, 5.41) is 9.55. The van der Waals surface area contributed by atoms with Gasteiger partial charge in [0.25, 0.3) is 5.91 Å². The highest BCUT2D eigenvalue weighted by Crippen LogP contribution is 2.26. The van der Waals surface area contributed by atoms with Crippen molar-refractivity contribution in [1.82, 2.24) is 9.79 Å². The second-order valence-electron chi connectivity index (χ2n) is 6.20. The van der Waals surface area contributed by atoms with Crippen molar-refractivity contribution in [2.24, 2.45) is 0 Å². The van der Waals surface area contributed by atoms with Crippen molar-refractivity contribution in [2.75, 3.05) is 5.75 Å². The molecule has 0 aromatic heterocycles. The SMILES string of the molecule is O=C(NO)[C@@H]1CCCS(=O)(=O)N1Cc1ccc(-c2ccc(Cl)cc2)cc1. The first-order valence-electron chi connectivity index (χ1n) is 8.19. The summed E-state index contributed by atoms with van der Waals surface area (Å²) >= 11 is 5.90. The minimum atomic E-state index is -3.55. The number of nitrogens with zero attached hydrogens (tertiary/aromatic N) is 1. The van der Waals surface area contributed by atoms with Gasteiger partial charge in [0.1, 0.15) is 6.04 Å². The Morgan fingerprint density at radius 1 is 1.12 bits per heavy atom. The molecule has 1 aliphatic heterocycles. The molecule has 1 heterocycles. The van der Waals surface area contributed by atoms with Crippen LogP contribution in [0.3, 0.4) is 0 Å². The van der Waals surface area contributed by atoms with Crippen molar-refractivity contribution in [3.63, 3.8) is 0 Å². The van der Waals surface area contributed by atoms with E-state index in [2.05, 4.69) is 0 Å². The molecule has 2 aromatic rings. The number of nitrogens with one attached hydrogen (secondary N) is 1. The number of hydroxylamine groups is 1. The lowest BCUT2D eigenvalue weighted by molar-refractivity contribution is -0.133. The number of benzene rings is 2. The lowest BCUT2D eigenvalue weighted by Gasteiger charge is -2.33. The lowest BCUT2D eigenvalue weighted by Crippen LogP contribution is -2.51. The number of hydrogen-bond donors (Lipinski definition) is 2. The van der Waals surface area contributed by atoms with E-state index in [-0.39, 0.29) is 12.3 Å². The maximum absolute atomic E-state index is 12.4. The number of carbonyl (C=O) groups excluding carboxylic acids is 1. The second-order valence-corrected chi connectivity index (χ2v) is 8.68. The molecule has 6 nitrogen and oxygen atoms in total. The monoisotopic (exact) mass is 394 g/mol. The summed E-state index contributed by atoms with van der Waals surface area (Å²) in [7, 11) is -3.55. The zero-order chi connectivity index (χ0) is 18.7. The first-order valence-corrected chi connectivity index (χ1v) is 10.2. The smallest absolute Gasteiger partial charge is 0.261 e. The molecule has 0 bridgehead atoms. The van der Waals surface area contributed by atoms with Gasteiger partial charge in [-0.2, -0.15) is 4.31 Å². The first kappa shape index (κ1) is 18.8. The molecule has 0 radical (unpaired) electrons. The zero-order valence-electron chi connectivity index (χ0n) is 13.9. The summed E-state index contributed by atoms with van der Waals surface area (Å²) in [6, 6.07) is 14.0. The predicted molar refractivity (Wildman–Crippen MR) is 99.2 cm³/mol. The van der Waals surface area contributed by atoms with Gasteiger partial charge in [0.15, 0.2) is 0 Å². The molecule has 1 atom stereocenters. The summed E-state index contributed by atoms with van der Waals surface area (Å²) in [4.78, 5) is 11.8. The first-order chi connectivity index (χ1) is 12.4. The molecule has 1 aliphatic rings. The maximum atomic E-state index is 12.4. The molecule has 1 amide bonds. The Labute approximate surface area is 157 Å². The van der Waals surface area contributed by atoms with E-state index in [9.17, 15) is 13.2 Å². The van der Waals surface area contributed by atoms with E-state index < -0.39 is 22.0 Å². The summed E-state index contributed by atoms with van der Waals surface area (Å²) < 4.78 is 25.9. The third-order valence-corrected chi connectivity index (χ3v) is 6.62. The van der Waals surface area contributed by atoms with Gasteiger partial charge in [0, 0.05) is 11.6 Å². The van der Waals surface area contributed by atoms with Gasteiger partial charge in [0.2, 0.25) is 10.0 Å². The largest absolute Gasteiger partial charge is 0.289 e. The molecule has 0 spiro atoms. The van der Waals surface area contributed by atoms with Crippen LogP contribution in [0, 0.1) is 0 Å². The minimum absolute atomic E-state index is 0.00503. The molecule has 138 valence electrons. The van der Waals surface area contributed by atoms with Crippen molar-refractivity contribution in [3.05, 3.63) is 59.1 Å². The van der Waals surface area contributed by atoms with Crippen LogP contribution in [0.15, 0.2) is 48.5 Å². The molecule has 2 N–H and O–H groups in total. The van der Waals surface area contributed by atoms with Crippen LogP contribution < -0.4 is 5.48 Å². The topological polar surface area (TPSA) is 86.7 Å². The Kier molecular flexibility index (Phi) is 5.62. The van der Waals surface area contributed by atoms with Gasteiger partial charge in [-0.1, -0.05) is 48.0 Å². The molecule has 2 aromatic carbocycles. The van der Waals surface area contributed by atoms with Crippen LogP contribution in [-0.2, 0) is 21.4 Å². The average Bonchev–Trinajstić information content (AvgIpc) is 2.64. The molecule has 0 aliphatic carbocycles. The van der Waals surface area contributed by atoms with Gasteiger partial charge in [-0.05, 0) is 41.7 Å². The van der Waals surface area contributed by atoms with Gasteiger partial charge in [0.05, 0.1) is 5.75 Å². The van der Waals surface area contributed by atoms with Crippen LogP contribution in [0.1, 0.15) is 18.4 Å². The van der Waals surface area contributed by atoms with Crippen LogP contribution >= 0.6 is 11.6 Å². The van der Waals surface area contributed by atoms with Crippen LogP contribution in [0.25, 0.3) is 11.1 Å². The van der Waals surface area contributed by atoms with E-state index in [0.717, 1.165) is 16.7 Å². The number of halogens is 1. The van der Waals surface area contributed by atoms with Crippen molar-refractivity contribution in [3.8, 4) is 11.1 Å². The average molecular weight is 395 g/mol. The second kappa shape index (κ2) is 7.75. The van der Waals surface area contributed by atoms with E-state index in [4.69, 9.17) is 16.8 Å². The van der Waals surface area contributed by atoms with Crippen molar-refractivity contribution >= 4 is 27.5 Å². The number of amides is 1. The molecule has 1 fully saturated rings. The highest BCUT2D eigenvalue weighted by molar-refractivity contribution is 7.89. The van der Waals surface area contributed by atoms with Crippen LogP contribution in [0.4, 0.5) is 0 Å². The van der Waals surface area contributed by atoms with E-state index in [1.54, 1.807) is 5.48 Å². The van der Waals surface area contributed by atoms with Crippen molar-refractivity contribution in [2.45, 2.75) is 25.4 Å². The summed E-state index contributed by atoms with van der Waals surface area (Å²) in [5.74, 6) is -0.698. The molecular weight excluding hydrogens is 376 g/mol. The van der Waals surface area contributed by atoms with Crippen LogP contribution in [-0.4, -0.2) is 35.6 Å². The number of carbonyl (C=O) groups is 1. The Morgan fingerprint density at radius 3 is 2.27 bits per heavy atom. The molecule has 3 rings (SSSR count). The third-order valence-electron chi connectivity index (χ3n) is 4.47. The Balaban J connectivity index is 1.82. The lowest BCUT2D eigenvalue weighted by atomic mass is 10.0.